The number of rotatable bonds is 11. The molecular formula is C25H32ClN5O2. The van der Waals surface area contributed by atoms with Crippen molar-refractivity contribution >= 4 is 11.6 Å². The molecule has 8 heteroatoms. The van der Waals surface area contributed by atoms with E-state index in [4.69, 9.17) is 21.1 Å². The predicted molar refractivity (Wildman–Crippen MR) is 129 cm³/mol. The van der Waals surface area contributed by atoms with Crippen LogP contribution in [0.1, 0.15) is 48.2 Å². The van der Waals surface area contributed by atoms with Crippen molar-refractivity contribution in [2.45, 2.75) is 45.1 Å². The van der Waals surface area contributed by atoms with E-state index in [2.05, 4.69) is 59.0 Å². The first kappa shape index (κ1) is 23.8. The first-order chi connectivity index (χ1) is 16.1. The molecule has 1 fully saturated rings. The van der Waals surface area contributed by atoms with Gasteiger partial charge < -0.3 is 14.8 Å². The van der Waals surface area contributed by atoms with Crippen molar-refractivity contribution in [3.05, 3.63) is 70.0 Å². The summed E-state index contributed by atoms with van der Waals surface area (Å²) in [5.74, 6) is 1.17. The Bertz CT molecular complexity index is 1040. The summed E-state index contributed by atoms with van der Waals surface area (Å²) in [6, 6.07) is 14.3. The fourth-order valence-corrected chi connectivity index (χ4v) is 5.01. The highest BCUT2D eigenvalue weighted by Crippen LogP contribution is 2.51. The molecule has 0 aliphatic heterocycles. The van der Waals surface area contributed by atoms with Gasteiger partial charge in [0, 0.05) is 18.2 Å². The third-order valence-electron chi connectivity index (χ3n) is 6.37. The molecule has 1 aliphatic carbocycles. The number of hydrogen-bond acceptors (Lipinski definition) is 6. The van der Waals surface area contributed by atoms with Crippen molar-refractivity contribution < 1.29 is 9.47 Å². The largest absolute Gasteiger partial charge is 0.379 e. The standard InChI is InChI=1S/C25H32ClN5O2/c1-4-32-14-15-33-13-12-27-25(16-20(17-25)21-10-5-6-11-22(21)26)24-28-29-30-31(24)23-18(2)8-7-9-19(23)3/h5-11,20,27H,4,12-17H2,1-3H3. The van der Waals surface area contributed by atoms with Crippen molar-refractivity contribution in [2.75, 3.05) is 33.0 Å². The average Bonchev–Trinajstić information content (AvgIpc) is 3.25. The lowest BCUT2D eigenvalue weighted by Crippen LogP contribution is -2.54. The van der Waals surface area contributed by atoms with Gasteiger partial charge in [0.1, 0.15) is 0 Å². The van der Waals surface area contributed by atoms with Gasteiger partial charge in [0.05, 0.1) is 31.0 Å². The second kappa shape index (κ2) is 10.7. The number of para-hydroxylation sites is 1. The third-order valence-corrected chi connectivity index (χ3v) is 6.71. The maximum absolute atomic E-state index is 6.51. The molecule has 1 aliphatic rings. The summed E-state index contributed by atoms with van der Waals surface area (Å²) in [5, 5.41) is 17.5. The van der Waals surface area contributed by atoms with E-state index in [1.807, 2.05) is 29.8 Å². The molecule has 7 nitrogen and oxygen atoms in total. The molecule has 3 aromatic rings. The Hall–Kier alpha value is -2.32. The Kier molecular flexibility index (Phi) is 7.75. The number of aromatic nitrogens is 4. The molecule has 0 radical (unpaired) electrons. The van der Waals surface area contributed by atoms with E-state index in [0.29, 0.717) is 38.9 Å². The van der Waals surface area contributed by atoms with Gasteiger partial charge >= 0.3 is 0 Å². The average molecular weight is 470 g/mol. The molecule has 0 spiro atoms. The summed E-state index contributed by atoms with van der Waals surface area (Å²) in [4.78, 5) is 0. The fraction of sp³-hybridized carbons (Fsp3) is 0.480. The molecule has 4 rings (SSSR count). The van der Waals surface area contributed by atoms with E-state index in [1.165, 1.54) is 5.56 Å². The molecule has 0 unspecified atom stereocenters. The molecular weight excluding hydrogens is 438 g/mol. The predicted octanol–water partition coefficient (Wildman–Crippen LogP) is 4.35. The minimum Gasteiger partial charge on any atom is -0.379 e. The van der Waals surface area contributed by atoms with Crippen molar-refractivity contribution in [1.29, 1.82) is 0 Å². The molecule has 1 aromatic heterocycles. The van der Waals surface area contributed by atoms with Gasteiger partial charge in [-0.2, -0.15) is 4.68 Å². The van der Waals surface area contributed by atoms with Crippen molar-refractivity contribution in [1.82, 2.24) is 25.5 Å². The van der Waals surface area contributed by atoms with Gasteiger partial charge in [-0.1, -0.05) is 48.0 Å². The summed E-state index contributed by atoms with van der Waals surface area (Å²) in [6.07, 6.45) is 1.72. The summed E-state index contributed by atoms with van der Waals surface area (Å²) >= 11 is 6.51. The minimum absolute atomic E-state index is 0.341. The second-order valence-electron chi connectivity index (χ2n) is 8.60. The van der Waals surface area contributed by atoms with Crippen molar-refractivity contribution in [3.8, 4) is 5.69 Å². The Balaban J connectivity index is 1.56. The molecule has 33 heavy (non-hydrogen) atoms. The highest BCUT2D eigenvalue weighted by molar-refractivity contribution is 6.31. The number of halogens is 1. The number of benzene rings is 2. The van der Waals surface area contributed by atoms with E-state index in [1.54, 1.807) is 0 Å². The molecule has 0 saturated heterocycles. The van der Waals surface area contributed by atoms with Gasteiger partial charge in [-0.05, 0) is 72.7 Å². The number of nitrogens with zero attached hydrogens (tertiary/aromatic N) is 4. The zero-order valence-corrected chi connectivity index (χ0v) is 20.3. The Morgan fingerprint density at radius 3 is 2.48 bits per heavy atom. The van der Waals surface area contributed by atoms with Crippen LogP contribution in [0.15, 0.2) is 42.5 Å². The number of nitrogens with one attached hydrogen (secondary N) is 1. The first-order valence-electron chi connectivity index (χ1n) is 11.6. The first-order valence-corrected chi connectivity index (χ1v) is 11.9. The monoisotopic (exact) mass is 469 g/mol. The summed E-state index contributed by atoms with van der Waals surface area (Å²) in [7, 11) is 0. The van der Waals surface area contributed by atoms with Crippen LogP contribution < -0.4 is 5.32 Å². The Morgan fingerprint density at radius 1 is 1.03 bits per heavy atom. The topological polar surface area (TPSA) is 74.1 Å². The van der Waals surface area contributed by atoms with Crippen LogP contribution in [0.3, 0.4) is 0 Å². The van der Waals surface area contributed by atoms with Crippen LogP contribution in [-0.2, 0) is 15.0 Å². The second-order valence-corrected chi connectivity index (χ2v) is 9.01. The third kappa shape index (κ3) is 5.11. The van der Waals surface area contributed by atoms with Gasteiger partial charge in [0.2, 0.25) is 0 Å². The van der Waals surface area contributed by atoms with Crippen LogP contribution in [-0.4, -0.2) is 53.2 Å². The summed E-state index contributed by atoms with van der Waals surface area (Å²) in [5.41, 5.74) is 4.13. The van der Waals surface area contributed by atoms with Gasteiger partial charge in [-0.15, -0.1) is 5.10 Å². The molecule has 176 valence electrons. The van der Waals surface area contributed by atoms with Crippen LogP contribution in [0.25, 0.3) is 5.69 Å². The van der Waals surface area contributed by atoms with Crippen LogP contribution in [0.2, 0.25) is 5.02 Å². The quantitative estimate of drug-likeness (QED) is 0.421. The zero-order valence-electron chi connectivity index (χ0n) is 19.6. The van der Waals surface area contributed by atoms with Gasteiger partial charge in [0.25, 0.3) is 0 Å². The highest BCUT2D eigenvalue weighted by atomic mass is 35.5. The molecule has 0 atom stereocenters. The molecule has 0 bridgehead atoms. The SMILES string of the molecule is CCOCCOCCNC1(c2nnnn2-c2c(C)cccc2C)CC(c2ccccc2Cl)C1. The van der Waals surface area contributed by atoms with E-state index >= 15 is 0 Å². The molecule has 0 amide bonds. The van der Waals surface area contributed by atoms with E-state index in [0.717, 1.165) is 40.5 Å². The maximum Gasteiger partial charge on any atom is 0.176 e. The van der Waals surface area contributed by atoms with E-state index < -0.39 is 0 Å². The Labute approximate surface area is 200 Å². The zero-order chi connectivity index (χ0) is 23.3. The summed E-state index contributed by atoms with van der Waals surface area (Å²) < 4.78 is 13.0. The number of aryl methyl sites for hydroxylation is 2. The molecule has 1 N–H and O–H groups in total. The normalized spacial score (nSPS) is 20.1. The molecule has 2 aromatic carbocycles. The lowest BCUT2D eigenvalue weighted by Gasteiger charge is -2.47. The smallest absolute Gasteiger partial charge is 0.176 e. The molecule has 1 saturated carbocycles. The van der Waals surface area contributed by atoms with E-state index in [9.17, 15) is 0 Å². The van der Waals surface area contributed by atoms with Crippen LogP contribution in [0.4, 0.5) is 0 Å². The van der Waals surface area contributed by atoms with Gasteiger partial charge in [0.15, 0.2) is 5.82 Å². The number of hydrogen-bond donors (Lipinski definition) is 1. The minimum atomic E-state index is -0.356. The lowest BCUT2D eigenvalue weighted by molar-refractivity contribution is 0.0457. The van der Waals surface area contributed by atoms with Crippen LogP contribution in [0.5, 0.6) is 0 Å². The van der Waals surface area contributed by atoms with E-state index in [-0.39, 0.29) is 5.54 Å². The fourth-order valence-electron chi connectivity index (χ4n) is 4.72. The maximum atomic E-state index is 6.51. The lowest BCUT2D eigenvalue weighted by atomic mass is 9.65. The van der Waals surface area contributed by atoms with Crippen LogP contribution >= 0.6 is 11.6 Å². The Morgan fingerprint density at radius 2 is 1.76 bits per heavy atom. The van der Waals surface area contributed by atoms with Crippen molar-refractivity contribution in [2.24, 2.45) is 0 Å². The van der Waals surface area contributed by atoms with Gasteiger partial charge in [-0.3, -0.25) is 0 Å². The number of tetrazole rings is 1. The molecule has 1 heterocycles. The number of ether oxygens (including phenoxy) is 2. The van der Waals surface area contributed by atoms with Gasteiger partial charge in [-0.25, -0.2) is 0 Å². The summed E-state index contributed by atoms with van der Waals surface area (Å²) in [6.45, 7) is 9.36. The highest BCUT2D eigenvalue weighted by Gasteiger charge is 2.50. The van der Waals surface area contributed by atoms with Crippen molar-refractivity contribution in [3.63, 3.8) is 0 Å². The van der Waals surface area contributed by atoms with Crippen LogP contribution in [0, 0.1) is 13.8 Å².